The number of nitrogens with one attached hydrogen (secondary N) is 2. The number of aromatic nitrogens is 6. The van der Waals surface area contributed by atoms with Crippen LogP contribution in [-0.4, -0.2) is 74.3 Å². The molecule has 12 heteroatoms. The third-order valence-electron chi connectivity index (χ3n) is 7.15. The molecule has 0 unspecified atom stereocenters. The summed E-state index contributed by atoms with van der Waals surface area (Å²) in [6.45, 7) is 5.06. The van der Waals surface area contributed by atoms with Crippen molar-refractivity contribution >= 4 is 46.9 Å². The number of anilines is 2. The van der Waals surface area contributed by atoms with Crippen LogP contribution in [0.15, 0.2) is 5.16 Å². The summed E-state index contributed by atoms with van der Waals surface area (Å²) in [5.41, 5.74) is 0. The summed E-state index contributed by atoms with van der Waals surface area (Å²) in [5, 5.41) is 8.00. The van der Waals surface area contributed by atoms with Crippen LogP contribution < -0.4 is 10.6 Å². The molecular formula is C31H55Cl2N9S. The fourth-order valence-corrected chi connectivity index (χ4v) is 5.95. The number of aryl methyl sites for hydroxylation is 1. The molecule has 9 nitrogen and oxygen atoms in total. The molecule has 2 aromatic heterocycles. The van der Waals surface area contributed by atoms with E-state index in [-0.39, 0.29) is 10.6 Å². The molecule has 0 amide bonds. The van der Waals surface area contributed by atoms with Gasteiger partial charge in [-0.15, -0.1) is 0 Å². The van der Waals surface area contributed by atoms with Gasteiger partial charge in [-0.3, -0.25) is 0 Å². The zero-order valence-corrected chi connectivity index (χ0v) is 29.2. The maximum Gasteiger partial charge on any atom is 0.228 e. The van der Waals surface area contributed by atoms with Crippen LogP contribution in [0.25, 0.3) is 0 Å². The Bertz CT molecular complexity index is 964. The first kappa shape index (κ1) is 37.7. The van der Waals surface area contributed by atoms with Gasteiger partial charge in [0.2, 0.25) is 22.5 Å². The predicted molar refractivity (Wildman–Crippen MR) is 184 cm³/mol. The Kier molecular flexibility index (Phi) is 21.7. The second-order valence-corrected chi connectivity index (χ2v) is 13.2. The first-order valence-electron chi connectivity index (χ1n) is 16.5. The quantitative estimate of drug-likeness (QED) is 0.0716. The lowest BCUT2D eigenvalue weighted by Crippen LogP contribution is -2.17. The van der Waals surface area contributed by atoms with E-state index in [2.05, 4.69) is 56.5 Å². The smallest absolute Gasteiger partial charge is 0.228 e. The summed E-state index contributed by atoms with van der Waals surface area (Å²) in [6, 6.07) is 0. The molecular weight excluding hydrogens is 601 g/mol. The number of hydrogen-bond acceptors (Lipinski definition) is 10. The van der Waals surface area contributed by atoms with E-state index in [4.69, 9.17) is 33.2 Å². The Labute approximate surface area is 275 Å². The second kappa shape index (κ2) is 24.8. The van der Waals surface area contributed by atoms with Crippen LogP contribution in [0.4, 0.5) is 11.9 Å². The molecule has 0 atom stereocenters. The minimum Gasteiger partial charge on any atom is -0.354 e. The average molecular weight is 657 g/mol. The highest BCUT2D eigenvalue weighted by Crippen LogP contribution is 2.20. The minimum absolute atomic E-state index is 0.166. The molecule has 0 aliphatic carbocycles. The van der Waals surface area contributed by atoms with Crippen LogP contribution in [0, 0.1) is 0 Å². The first-order valence-corrected chi connectivity index (χ1v) is 18.3. The average Bonchev–Trinajstić information content (AvgIpc) is 2.96. The minimum atomic E-state index is 0.166. The summed E-state index contributed by atoms with van der Waals surface area (Å²) >= 11 is 13.4. The number of nitrogens with zero attached hydrogens (tertiary/aromatic N) is 7. The van der Waals surface area contributed by atoms with Crippen molar-refractivity contribution in [3.63, 3.8) is 0 Å². The third kappa shape index (κ3) is 20.2. The van der Waals surface area contributed by atoms with Crippen molar-refractivity contribution in [1.29, 1.82) is 0 Å². The van der Waals surface area contributed by atoms with Gasteiger partial charge in [0.25, 0.3) is 0 Å². The molecule has 43 heavy (non-hydrogen) atoms. The molecule has 2 aromatic rings. The Morgan fingerprint density at radius 3 is 1.67 bits per heavy atom. The SMILES string of the molecule is CCCCCCCCCCCNc1nc(NCCCN(C)C)nc(SCCCCCCCCCc2nc(Cl)nc(Cl)n2)n1. The lowest BCUT2D eigenvalue weighted by atomic mass is 10.1. The summed E-state index contributed by atoms with van der Waals surface area (Å²) < 4.78 is 0. The summed E-state index contributed by atoms with van der Waals surface area (Å²) in [5.74, 6) is 3.05. The van der Waals surface area contributed by atoms with Gasteiger partial charge in [-0.05, 0) is 69.5 Å². The molecule has 0 saturated carbocycles. The first-order chi connectivity index (χ1) is 21.0. The molecule has 0 spiro atoms. The molecule has 2 N–H and O–H groups in total. The molecule has 0 radical (unpaired) electrons. The van der Waals surface area contributed by atoms with E-state index >= 15 is 0 Å². The zero-order chi connectivity index (χ0) is 31.0. The molecule has 0 aliphatic heterocycles. The standard InChI is InChI=1S/C31H55Cl2N9S/c1-4-5-6-7-8-9-12-15-18-22-34-29-39-30(35-23-20-24-42(2)3)41-31(40-29)43-25-19-16-13-10-11-14-17-21-26-36-27(32)38-28(33)37-26/h4-25H2,1-3H3,(H2,34,35,39,40,41). The van der Waals surface area contributed by atoms with Crippen LogP contribution in [-0.2, 0) is 6.42 Å². The van der Waals surface area contributed by atoms with Gasteiger partial charge in [0.05, 0.1) is 0 Å². The monoisotopic (exact) mass is 655 g/mol. The van der Waals surface area contributed by atoms with E-state index in [1.807, 2.05) is 0 Å². The van der Waals surface area contributed by atoms with Crippen molar-refractivity contribution in [3.8, 4) is 0 Å². The highest BCUT2D eigenvalue weighted by Gasteiger charge is 2.08. The normalized spacial score (nSPS) is 11.4. The number of unbranched alkanes of at least 4 members (excludes halogenated alkanes) is 14. The van der Waals surface area contributed by atoms with E-state index < -0.39 is 0 Å². The van der Waals surface area contributed by atoms with E-state index in [1.54, 1.807) is 11.8 Å². The van der Waals surface area contributed by atoms with Gasteiger partial charge in [-0.25, -0.2) is 9.97 Å². The second-order valence-electron chi connectivity index (χ2n) is 11.5. The molecule has 244 valence electrons. The van der Waals surface area contributed by atoms with Crippen LogP contribution in [0.1, 0.15) is 122 Å². The molecule has 0 aromatic carbocycles. The van der Waals surface area contributed by atoms with Crippen molar-refractivity contribution in [2.75, 3.05) is 50.1 Å². The third-order valence-corrected chi connectivity index (χ3v) is 8.42. The van der Waals surface area contributed by atoms with Crippen LogP contribution in [0.2, 0.25) is 10.6 Å². The zero-order valence-electron chi connectivity index (χ0n) is 26.9. The molecule has 0 saturated heterocycles. The van der Waals surface area contributed by atoms with Crippen LogP contribution in [0.5, 0.6) is 0 Å². The number of thioether (sulfide) groups is 1. The van der Waals surface area contributed by atoms with Gasteiger partial charge in [0, 0.05) is 25.3 Å². The molecule has 0 aliphatic rings. The van der Waals surface area contributed by atoms with Crippen molar-refractivity contribution < 1.29 is 0 Å². The molecule has 2 rings (SSSR count). The lowest BCUT2D eigenvalue weighted by Gasteiger charge is -2.12. The van der Waals surface area contributed by atoms with Gasteiger partial charge < -0.3 is 15.5 Å². The van der Waals surface area contributed by atoms with Gasteiger partial charge in [0.1, 0.15) is 5.82 Å². The van der Waals surface area contributed by atoms with Gasteiger partial charge in [-0.1, -0.05) is 102 Å². The van der Waals surface area contributed by atoms with Gasteiger partial charge in [-0.2, -0.15) is 19.9 Å². The van der Waals surface area contributed by atoms with E-state index in [0.29, 0.717) is 17.7 Å². The molecule has 0 fully saturated rings. The summed E-state index contributed by atoms with van der Waals surface area (Å²) in [6.07, 6.45) is 22.0. The molecule has 0 bridgehead atoms. The molecule has 2 heterocycles. The van der Waals surface area contributed by atoms with Crippen molar-refractivity contribution in [3.05, 3.63) is 16.4 Å². The Balaban J connectivity index is 1.64. The largest absolute Gasteiger partial charge is 0.354 e. The Morgan fingerprint density at radius 1 is 0.581 bits per heavy atom. The predicted octanol–water partition coefficient (Wildman–Crippen LogP) is 8.74. The fourth-order valence-electron chi connectivity index (χ4n) is 4.72. The lowest BCUT2D eigenvalue weighted by molar-refractivity contribution is 0.405. The van der Waals surface area contributed by atoms with Crippen LogP contribution >= 0.6 is 35.0 Å². The van der Waals surface area contributed by atoms with Crippen molar-refractivity contribution in [2.45, 2.75) is 128 Å². The highest BCUT2D eigenvalue weighted by molar-refractivity contribution is 7.99. The Hall–Kier alpha value is -1.49. The number of hydrogen-bond donors (Lipinski definition) is 2. The van der Waals surface area contributed by atoms with Gasteiger partial charge in [0.15, 0.2) is 5.16 Å². The summed E-state index contributed by atoms with van der Waals surface area (Å²) in [7, 11) is 4.19. The van der Waals surface area contributed by atoms with Gasteiger partial charge >= 0.3 is 0 Å². The van der Waals surface area contributed by atoms with E-state index in [9.17, 15) is 0 Å². The highest BCUT2D eigenvalue weighted by atomic mass is 35.5. The summed E-state index contributed by atoms with van der Waals surface area (Å²) in [4.78, 5) is 28.3. The van der Waals surface area contributed by atoms with Crippen LogP contribution in [0.3, 0.4) is 0 Å². The topological polar surface area (TPSA) is 105 Å². The maximum absolute atomic E-state index is 5.85. The van der Waals surface area contributed by atoms with E-state index in [1.165, 1.54) is 77.0 Å². The Morgan fingerprint density at radius 2 is 1.09 bits per heavy atom. The van der Waals surface area contributed by atoms with E-state index in [0.717, 1.165) is 69.1 Å². The van der Waals surface area contributed by atoms with Crippen molar-refractivity contribution in [1.82, 2.24) is 34.8 Å². The maximum atomic E-state index is 5.85. The van der Waals surface area contributed by atoms with Crippen molar-refractivity contribution in [2.24, 2.45) is 0 Å². The fraction of sp³-hybridized carbons (Fsp3) is 0.806. The number of halogens is 2. The number of rotatable bonds is 27.